The first kappa shape index (κ1) is 22.7. The van der Waals surface area contributed by atoms with Crippen molar-refractivity contribution in [1.29, 1.82) is 0 Å². The number of ether oxygens (including phenoxy) is 1. The number of nitrogens with zero attached hydrogens (tertiary/aromatic N) is 1. The number of carbonyl (C=O) groups is 3. The molecule has 2 unspecified atom stereocenters. The van der Waals surface area contributed by atoms with Gasteiger partial charge in [-0.05, 0) is 45.6 Å². The Kier molecular flexibility index (Phi) is 5.79. The first-order valence-electron chi connectivity index (χ1n) is 11.3. The SMILES string of the molecule is CNC(=O)[C@@H]1[C@H]2C(=O)N([C@@H](CO)Cc3ccccc3)C(C(=O)NC(C)(C)C)C23CC[C@H]1O3. The van der Waals surface area contributed by atoms with E-state index in [2.05, 4.69) is 10.6 Å². The number of hydrogen-bond acceptors (Lipinski definition) is 5. The summed E-state index contributed by atoms with van der Waals surface area (Å²) in [5, 5.41) is 16.0. The number of fused-ring (bicyclic) bond motifs is 1. The molecule has 0 saturated carbocycles. The molecule has 3 amide bonds. The van der Waals surface area contributed by atoms with Gasteiger partial charge in [0, 0.05) is 12.6 Å². The lowest BCUT2D eigenvalue weighted by Crippen LogP contribution is -2.60. The number of rotatable bonds is 6. The minimum absolute atomic E-state index is 0.240. The van der Waals surface area contributed by atoms with Gasteiger partial charge < -0.3 is 25.4 Å². The van der Waals surface area contributed by atoms with Crippen LogP contribution in [0.5, 0.6) is 0 Å². The fraction of sp³-hybridized carbons (Fsp3) is 0.625. The molecule has 3 aliphatic heterocycles. The molecule has 1 aromatic carbocycles. The summed E-state index contributed by atoms with van der Waals surface area (Å²) in [7, 11) is 1.55. The molecule has 0 radical (unpaired) electrons. The maximum atomic E-state index is 13.8. The molecule has 3 fully saturated rings. The van der Waals surface area contributed by atoms with Gasteiger partial charge in [0.15, 0.2) is 0 Å². The van der Waals surface area contributed by atoms with Gasteiger partial charge in [0.05, 0.1) is 30.6 Å². The molecule has 3 aliphatic rings. The van der Waals surface area contributed by atoms with Gasteiger partial charge in [0.2, 0.25) is 17.7 Å². The van der Waals surface area contributed by atoms with Crippen LogP contribution < -0.4 is 10.6 Å². The molecule has 4 rings (SSSR count). The largest absolute Gasteiger partial charge is 0.394 e. The van der Waals surface area contributed by atoms with Crippen LogP contribution in [0.3, 0.4) is 0 Å². The molecule has 174 valence electrons. The molecular weight excluding hydrogens is 410 g/mol. The summed E-state index contributed by atoms with van der Waals surface area (Å²) in [4.78, 5) is 41.7. The van der Waals surface area contributed by atoms with Gasteiger partial charge in [-0.15, -0.1) is 0 Å². The van der Waals surface area contributed by atoms with Crippen molar-refractivity contribution in [3.63, 3.8) is 0 Å². The zero-order chi connectivity index (χ0) is 23.3. The summed E-state index contributed by atoms with van der Waals surface area (Å²) in [6.07, 6.45) is 1.18. The Morgan fingerprint density at radius 3 is 2.53 bits per heavy atom. The van der Waals surface area contributed by atoms with Gasteiger partial charge in [-0.2, -0.15) is 0 Å². The highest BCUT2D eigenvalue weighted by Crippen LogP contribution is 2.58. The van der Waals surface area contributed by atoms with Crippen LogP contribution in [0.15, 0.2) is 30.3 Å². The Labute approximate surface area is 188 Å². The highest BCUT2D eigenvalue weighted by atomic mass is 16.5. The molecule has 1 aromatic rings. The molecule has 3 heterocycles. The molecular formula is C24H33N3O5. The standard InChI is InChI=1S/C24H33N3O5/c1-23(2,3)26-21(30)19-24-11-10-16(32-24)17(20(29)25-4)18(24)22(31)27(19)15(13-28)12-14-8-6-5-7-9-14/h5-9,15-19,28H,10-13H2,1-4H3,(H,25,29)(H,26,30)/t15-,16-,17+,18+,19?,24?/m1/s1. The van der Waals surface area contributed by atoms with E-state index in [0.717, 1.165) is 5.56 Å². The lowest BCUT2D eigenvalue weighted by molar-refractivity contribution is -0.146. The van der Waals surface area contributed by atoms with Gasteiger partial charge >= 0.3 is 0 Å². The first-order chi connectivity index (χ1) is 15.1. The van der Waals surface area contributed by atoms with Crippen molar-refractivity contribution in [2.75, 3.05) is 13.7 Å². The second-order valence-electron chi connectivity index (χ2n) is 10.2. The van der Waals surface area contributed by atoms with E-state index in [1.54, 1.807) is 7.05 Å². The van der Waals surface area contributed by atoms with Crippen LogP contribution in [0.2, 0.25) is 0 Å². The van der Waals surface area contributed by atoms with E-state index in [4.69, 9.17) is 4.74 Å². The van der Waals surface area contributed by atoms with Crippen LogP contribution in [-0.4, -0.2) is 70.7 Å². The summed E-state index contributed by atoms with van der Waals surface area (Å²) in [5.74, 6) is -2.20. The number of nitrogens with one attached hydrogen (secondary N) is 2. The van der Waals surface area contributed by atoms with Crippen molar-refractivity contribution < 1.29 is 24.2 Å². The minimum atomic E-state index is -1.06. The predicted molar refractivity (Wildman–Crippen MR) is 117 cm³/mol. The zero-order valence-electron chi connectivity index (χ0n) is 19.1. The first-order valence-corrected chi connectivity index (χ1v) is 11.3. The van der Waals surface area contributed by atoms with Gasteiger partial charge in [0.1, 0.15) is 11.6 Å². The van der Waals surface area contributed by atoms with Gasteiger partial charge in [-0.1, -0.05) is 30.3 Å². The third-order valence-corrected chi connectivity index (χ3v) is 6.95. The van der Waals surface area contributed by atoms with Gasteiger partial charge in [-0.25, -0.2) is 0 Å². The number of carbonyl (C=O) groups excluding carboxylic acids is 3. The van der Waals surface area contributed by atoms with Crippen LogP contribution in [0, 0.1) is 11.8 Å². The van der Waals surface area contributed by atoms with Crippen molar-refractivity contribution >= 4 is 17.7 Å². The maximum Gasteiger partial charge on any atom is 0.246 e. The van der Waals surface area contributed by atoms with Crippen LogP contribution in [0.25, 0.3) is 0 Å². The summed E-state index contributed by atoms with van der Waals surface area (Å²) in [6, 6.07) is 8.07. The Bertz CT molecular complexity index is 899. The number of hydrogen-bond donors (Lipinski definition) is 3. The van der Waals surface area contributed by atoms with E-state index in [9.17, 15) is 19.5 Å². The van der Waals surface area contributed by atoms with E-state index in [-0.39, 0.29) is 30.4 Å². The van der Waals surface area contributed by atoms with Crippen LogP contribution >= 0.6 is 0 Å². The second kappa shape index (κ2) is 8.15. The molecule has 2 bridgehead atoms. The number of amides is 3. The van der Waals surface area contributed by atoms with Crippen LogP contribution in [-0.2, 0) is 25.5 Å². The molecule has 8 nitrogen and oxygen atoms in total. The molecule has 8 heteroatoms. The summed E-state index contributed by atoms with van der Waals surface area (Å²) in [5.41, 5.74) is -0.610. The smallest absolute Gasteiger partial charge is 0.246 e. The monoisotopic (exact) mass is 443 g/mol. The number of likely N-dealkylation sites (tertiary alicyclic amines) is 1. The Balaban J connectivity index is 1.76. The average Bonchev–Trinajstić information content (AvgIpc) is 3.38. The van der Waals surface area contributed by atoms with E-state index < -0.39 is 35.1 Å². The van der Waals surface area contributed by atoms with Crippen LogP contribution in [0.1, 0.15) is 39.2 Å². The molecule has 0 aromatic heterocycles. The number of aliphatic hydroxyl groups is 1. The highest BCUT2D eigenvalue weighted by Gasteiger charge is 2.75. The van der Waals surface area contributed by atoms with E-state index >= 15 is 0 Å². The second-order valence-corrected chi connectivity index (χ2v) is 10.2. The molecule has 3 N–H and O–H groups in total. The lowest BCUT2D eigenvalue weighted by Gasteiger charge is -2.38. The molecule has 3 saturated heterocycles. The number of benzene rings is 1. The Morgan fingerprint density at radius 2 is 1.94 bits per heavy atom. The average molecular weight is 444 g/mol. The predicted octanol–water partition coefficient (Wildman–Crippen LogP) is 0.625. The maximum absolute atomic E-state index is 13.8. The van der Waals surface area contributed by atoms with Crippen molar-refractivity contribution in [2.24, 2.45) is 11.8 Å². The van der Waals surface area contributed by atoms with E-state index in [1.807, 2.05) is 51.1 Å². The lowest BCUT2D eigenvalue weighted by atomic mass is 9.70. The highest BCUT2D eigenvalue weighted by molar-refractivity contribution is 5.99. The van der Waals surface area contributed by atoms with Gasteiger partial charge in [-0.3, -0.25) is 14.4 Å². The normalized spacial score (nSPS) is 32.0. The van der Waals surface area contributed by atoms with E-state index in [0.29, 0.717) is 19.3 Å². The van der Waals surface area contributed by atoms with Crippen molar-refractivity contribution in [1.82, 2.24) is 15.5 Å². The van der Waals surface area contributed by atoms with Crippen molar-refractivity contribution in [2.45, 2.75) is 69.4 Å². The molecule has 1 spiro atoms. The number of aliphatic hydroxyl groups excluding tert-OH is 1. The quantitative estimate of drug-likeness (QED) is 0.598. The van der Waals surface area contributed by atoms with E-state index in [1.165, 1.54) is 4.90 Å². The minimum Gasteiger partial charge on any atom is -0.394 e. The van der Waals surface area contributed by atoms with Crippen molar-refractivity contribution in [3.05, 3.63) is 35.9 Å². The zero-order valence-corrected chi connectivity index (χ0v) is 19.1. The summed E-state index contributed by atoms with van der Waals surface area (Å²) < 4.78 is 6.35. The Hall–Kier alpha value is -2.45. The van der Waals surface area contributed by atoms with Crippen molar-refractivity contribution in [3.8, 4) is 0 Å². The molecule has 6 atom stereocenters. The summed E-state index contributed by atoms with van der Waals surface area (Å²) >= 11 is 0. The molecule has 32 heavy (non-hydrogen) atoms. The third-order valence-electron chi connectivity index (χ3n) is 6.95. The molecule has 0 aliphatic carbocycles. The van der Waals surface area contributed by atoms with Gasteiger partial charge in [0.25, 0.3) is 0 Å². The van der Waals surface area contributed by atoms with Crippen LogP contribution in [0.4, 0.5) is 0 Å². The fourth-order valence-electron chi connectivity index (χ4n) is 5.83. The topological polar surface area (TPSA) is 108 Å². The summed E-state index contributed by atoms with van der Waals surface area (Å²) in [6.45, 7) is 5.36. The Morgan fingerprint density at radius 1 is 1.25 bits per heavy atom. The third kappa shape index (κ3) is 3.59. The fourth-order valence-corrected chi connectivity index (χ4v) is 5.83.